The maximum Gasteiger partial charge on any atom is 0.274 e. The minimum atomic E-state index is -0.240. The summed E-state index contributed by atoms with van der Waals surface area (Å²) in [4.78, 5) is 26.6. The molecule has 1 fully saturated rings. The van der Waals surface area contributed by atoms with Crippen LogP contribution in [-0.4, -0.2) is 39.6 Å². The Hall–Kier alpha value is -2.15. The number of aryl methyl sites for hydroxylation is 1. The zero-order valence-electron chi connectivity index (χ0n) is 11.3. The lowest BCUT2D eigenvalue weighted by Gasteiger charge is -2.23. The van der Waals surface area contributed by atoms with Crippen molar-refractivity contribution >= 4 is 11.4 Å². The van der Waals surface area contributed by atoms with Gasteiger partial charge in [0.2, 0.25) is 0 Å². The minimum Gasteiger partial charge on any atom is -0.347 e. The average Bonchev–Trinajstić information content (AvgIpc) is 2.84. The summed E-state index contributed by atoms with van der Waals surface area (Å²) in [6, 6.07) is 1.64. The SMILES string of the molecule is Cc1cn2nc(C(=O)N[C@H]3CCCNC3)cc2c(=O)[nH]1. The number of piperidine rings is 1. The van der Waals surface area contributed by atoms with Crippen LogP contribution in [-0.2, 0) is 0 Å². The summed E-state index contributed by atoms with van der Waals surface area (Å²) < 4.78 is 1.45. The number of nitrogens with zero attached hydrogens (tertiary/aromatic N) is 2. The van der Waals surface area contributed by atoms with Crippen molar-refractivity contribution in [3.8, 4) is 0 Å². The van der Waals surface area contributed by atoms with Crippen molar-refractivity contribution in [1.82, 2.24) is 25.2 Å². The topological polar surface area (TPSA) is 91.3 Å². The van der Waals surface area contributed by atoms with E-state index in [0.29, 0.717) is 11.2 Å². The van der Waals surface area contributed by atoms with E-state index in [1.165, 1.54) is 10.6 Å². The van der Waals surface area contributed by atoms with Gasteiger partial charge in [-0.1, -0.05) is 0 Å². The standard InChI is InChI=1S/C13H17N5O2/c1-8-7-18-11(13(20)15-8)5-10(17-18)12(19)16-9-3-2-4-14-6-9/h5,7,9,14H,2-4,6H2,1H3,(H,15,20)(H,16,19)/t9-/m0/s1. The zero-order chi connectivity index (χ0) is 14.1. The van der Waals surface area contributed by atoms with Crippen molar-refractivity contribution in [2.24, 2.45) is 0 Å². The van der Waals surface area contributed by atoms with E-state index in [4.69, 9.17) is 0 Å². The molecule has 1 aliphatic heterocycles. The Morgan fingerprint density at radius 1 is 1.55 bits per heavy atom. The predicted octanol–water partition coefficient (Wildman–Crippen LogP) is -0.187. The van der Waals surface area contributed by atoms with Gasteiger partial charge >= 0.3 is 0 Å². The van der Waals surface area contributed by atoms with Crippen molar-refractivity contribution in [1.29, 1.82) is 0 Å². The molecule has 3 rings (SSSR count). The zero-order valence-corrected chi connectivity index (χ0v) is 11.3. The molecule has 106 valence electrons. The fraction of sp³-hybridized carbons (Fsp3) is 0.462. The third-order valence-electron chi connectivity index (χ3n) is 3.46. The van der Waals surface area contributed by atoms with Gasteiger partial charge in [0.05, 0.1) is 0 Å². The maximum absolute atomic E-state index is 12.2. The molecule has 2 aromatic heterocycles. The van der Waals surface area contributed by atoms with Crippen LogP contribution in [0.5, 0.6) is 0 Å². The number of aromatic amines is 1. The van der Waals surface area contributed by atoms with Crippen molar-refractivity contribution in [3.05, 3.63) is 34.0 Å². The number of H-pyrrole nitrogens is 1. The van der Waals surface area contributed by atoms with E-state index in [0.717, 1.165) is 25.9 Å². The molecule has 0 aliphatic carbocycles. The fourth-order valence-corrected chi connectivity index (χ4v) is 2.47. The monoisotopic (exact) mass is 275 g/mol. The average molecular weight is 275 g/mol. The van der Waals surface area contributed by atoms with Crippen LogP contribution in [0.3, 0.4) is 0 Å². The molecule has 7 heteroatoms. The van der Waals surface area contributed by atoms with Crippen molar-refractivity contribution < 1.29 is 4.79 Å². The predicted molar refractivity (Wildman–Crippen MR) is 73.9 cm³/mol. The molecule has 1 aliphatic rings. The molecule has 1 saturated heterocycles. The number of amides is 1. The summed E-state index contributed by atoms with van der Waals surface area (Å²) in [6.07, 6.45) is 3.70. The van der Waals surface area contributed by atoms with Crippen LogP contribution in [0.1, 0.15) is 29.0 Å². The lowest BCUT2D eigenvalue weighted by molar-refractivity contribution is 0.0925. The molecule has 1 amide bonds. The molecule has 0 unspecified atom stereocenters. The second-order valence-electron chi connectivity index (χ2n) is 5.14. The summed E-state index contributed by atoms with van der Waals surface area (Å²) in [5.41, 5.74) is 1.11. The van der Waals surface area contributed by atoms with Gasteiger partial charge in [0.1, 0.15) is 5.52 Å². The second kappa shape index (κ2) is 5.09. The van der Waals surface area contributed by atoms with Crippen LogP contribution in [0.2, 0.25) is 0 Å². The highest BCUT2D eigenvalue weighted by Gasteiger charge is 2.18. The molecule has 0 radical (unpaired) electrons. The molecular formula is C13H17N5O2. The van der Waals surface area contributed by atoms with Crippen molar-refractivity contribution in [3.63, 3.8) is 0 Å². The minimum absolute atomic E-state index is 0.126. The lowest BCUT2D eigenvalue weighted by atomic mass is 10.1. The smallest absolute Gasteiger partial charge is 0.274 e. The normalized spacial score (nSPS) is 19.1. The molecule has 0 saturated carbocycles. The van der Waals surface area contributed by atoms with Gasteiger partial charge in [-0.3, -0.25) is 9.59 Å². The van der Waals surface area contributed by atoms with Crippen LogP contribution in [0.15, 0.2) is 17.1 Å². The fourth-order valence-electron chi connectivity index (χ4n) is 2.47. The van der Waals surface area contributed by atoms with E-state index in [-0.39, 0.29) is 23.2 Å². The second-order valence-corrected chi connectivity index (χ2v) is 5.14. The van der Waals surface area contributed by atoms with E-state index in [1.807, 2.05) is 0 Å². The highest BCUT2D eigenvalue weighted by Crippen LogP contribution is 2.05. The number of fused-ring (bicyclic) bond motifs is 1. The lowest BCUT2D eigenvalue weighted by Crippen LogP contribution is -2.45. The first-order chi connectivity index (χ1) is 9.63. The largest absolute Gasteiger partial charge is 0.347 e. The number of aromatic nitrogens is 3. The molecule has 3 heterocycles. The van der Waals surface area contributed by atoms with E-state index in [2.05, 4.69) is 20.7 Å². The van der Waals surface area contributed by atoms with E-state index >= 15 is 0 Å². The molecule has 20 heavy (non-hydrogen) atoms. The maximum atomic E-state index is 12.2. The third kappa shape index (κ3) is 2.44. The van der Waals surface area contributed by atoms with Gasteiger partial charge < -0.3 is 15.6 Å². The van der Waals surface area contributed by atoms with Crippen LogP contribution in [0, 0.1) is 6.92 Å². The Labute approximate surface area is 115 Å². The Kier molecular flexibility index (Phi) is 3.27. The molecule has 2 aromatic rings. The van der Waals surface area contributed by atoms with Crippen LogP contribution in [0.25, 0.3) is 5.52 Å². The molecule has 7 nitrogen and oxygen atoms in total. The number of hydrogen-bond acceptors (Lipinski definition) is 4. The first-order valence-electron chi connectivity index (χ1n) is 6.74. The number of carbonyl (C=O) groups is 1. The molecule has 0 bridgehead atoms. The molecule has 0 aromatic carbocycles. The quantitative estimate of drug-likeness (QED) is 0.708. The number of rotatable bonds is 2. The highest BCUT2D eigenvalue weighted by atomic mass is 16.2. The van der Waals surface area contributed by atoms with Crippen molar-refractivity contribution in [2.45, 2.75) is 25.8 Å². The Morgan fingerprint density at radius 2 is 2.40 bits per heavy atom. The highest BCUT2D eigenvalue weighted by molar-refractivity contribution is 5.93. The summed E-state index contributed by atoms with van der Waals surface area (Å²) >= 11 is 0. The first-order valence-corrected chi connectivity index (χ1v) is 6.74. The summed E-state index contributed by atoms with van der Waals surface area (Å²) in [6.45, 7) is 3.55. The van der Waals surface area contributed by atoms with E-state index < -0.39 is 0 Å². The van der Waals surface area contributed by atoms with E-state index in [1.54, 1.807) is 13.1 Å². The number of hydrogen-bond donors (Lipinski definition) is 3. The molecule has 1 atom stereocenters. The Bertz CT molecular complexity index is 696. The van der Waals surface area contributed by atoms with Crippen LogP contribution >= 0.6 is 0 Å². The van der Waals surface area contributed by atoms with E-state index in [9.17, 15) is 9.59 Å². The van der Waals surface area contributed by atoms with Gasteiger partial charge in [0, 0.05) is 30.5 Å². The summed E-state index contributed by atoms with van der Waals surface area (Å²) in [5, 5.41) is 10.3. The molecule has 0 spiro atoms. The van der Waals surface area contributed by atoms with Crippen molar-refractivity contribution in [2.75, 3.05) is 13.1 Å². The molecular weight excluding hydrogens is 258 g/mol. The molecule has 3 N–H and O–H groups in total. The summed E-state index contributed by atoms with van der Waals surface area (Å²) in [7, 11) is 0. The number of nitrogens with one attached hydrogen (secondary N) is 3. The first kappa shape index (κ1) is 12.9. The van der Waals surface area contributed by atoms with Crippen LogP contribution in [0.4, 0.5) is 0 Å². The van der Waals surface area contributed by atoms with Gasteiger partial charge in [-0.2, -0.15) is 5.10 Å². The third-order valence-corrected chi connectivity index (χ3v) is 3.46. The Morgan fingerprint density at radius 3 is 3.15 bits per heavy atom. The number of carbonyl (C=O) groups excluding carboxylic acids is 1. The van der Waals surface area contributed by atoms with Gasteiger partial charge in [-0.05, 0) is 26.3 Å². The van der Waals surface area contributed by atoms with Crippen LogP contribution < -0.4 is 16.2 Å². The van der Waals surface area contributed by atoms with Gasteiger partial charge in [0.15, 0.2) is 5.69 Å². The summed E-state index contributed by atoms with van der Waals surface area (Å²) in [5.74, 6) is -0.237. The Balaban J connectivity index is 1.84. The van der Waals surface area contributed by atoms with Gasteiger partial charge in [-0.25, -0.2) is 4.52 Å². The van der Waals surface area contributed by atoms with Gasteiger partial charge in [-0.15, -0.1) is 0 Å². The van der Waals surface area contributed by atoms with Gasteiger partial charge in [0.25, 0.3) is 11.5 Å².